The van der Waals surface area contributed by atoms with E-state index in [9.17, 15) is 13.2 Å². The second kappa shape index (κ2) is 6.79. The predicted molar refractivity (Wildman–Crippen MR) is 84.8 cm³/mol. The number of amides is 1. The highest BCUT2D eigenvalue weighted by Crippen LogP contribution is 2.30. The molecule has 0 aromatic heterocycles. The van der Waals surface area contributed by atoms with Crippen LogP contribution in [0.15, 0.2) is 23.1 Å². The average molecular weight is 330 g/mol. The second-order valence-electron chi connectivity index (χ2n) is 5.28. The SMILES string of the molecule is CC(=O)N1CCCc2cc(S(=O)(=O)CCCCCl)ccc21. The Labute approximate surface area is 131 Å². The van der Waals surface area contributed by atoms with Crippen LogP contribution in [-0.4, -0.2) is 32.5 Å². The Morgan fingerprint density at radius 3 is 2.76 bits per heavy atom. The molecule has 0 radical (unpaired) electrons. The van der Waals surface area contributed by atoms with Crippen molar-refractivity contribution in [3.05, 3.63) is 23.8 Å². The summed E-state index contributed by atoms with van der Waals surface area (Å²) in [6.07, 6.45) is 2.94. The largest absolute Gasteiger partial charge is 0.312 e. The van der Waals surface area contributed by atoms with Gasteiger partial charge in [-0.05, 0) is 49.4 Å². The molecule has 6 heteroatoms. The van der Waals surface area contributed by atoms with Crippen molar-refractivity contribution in [3.8, 4) is 0 Å². The lowest BCUT2D eigenvalue weighted by Gasteiger charge is -2.28. The van der Waals surface area contributed by atoms with Crippen LogP contribution in [0.5, 0.6) is 0 Å². The summed E-state index contributed by atoms with van der Waals surface area (Å²) in [7, 11) is -3.27. The molecule has 0 saturated heterocycles. The van der Waals surface area contributed by atoms with Crippen LogP contribution >= 0.6 is 11.6 Å². The number of sulfone groups is 1. The zero-order valence-electron chi connectivity index (χ0n) is 12.1. The standard InChI is InChI=1S/C15H20ClNO3S/c1-12(18)17-9-4-5-13-11-14(6-7-15(13)17)21(19,20)10-3-2-8-16/h6-7,11H,2-5,8-10H2,1H3. The Hall–Kier alpha value is -1.07. The van der Waals surface area contributed by atoms with Gasteiger partial charge in [0.25, 0.3) is 0 Å². The maximum Gasteiger partial charge on any atom is 0.223 e. The summed E-state index contributed by atoms with van der Waals surface area (Å²) in [6.45, 7) is 2.23. The molecule has 0 fully saturated rings. The van der Waals surface area contributed by atoms with Gasteiger partial charge in [0.15, 0.2) is 9.84 Å². The first kappa shape index (κ1) is 16.3. The van der Waals surface area contributed by atoms with Crippen molar-refractivity contribution in [2.24, 2.45) is 0 Å². The molecule has 21 heavy (non-hydrogen) atoms. The Balaban J connectivity index is 2.27. The quantitative estimate of drug-likeness (QED) is 0.616. The van der Waals surface area contributed by atoms with Crippen LogP contribution in [-0.2, 0) is 21.1 Å². The Morgan fingerprint density at radius 1 is 1.33 bits per heavy atom. The van der Waals surface area contributed by atoms with Gasteiger partial charge in [-0.15, -0.1) is 11.6 Å². The number of anilines is 1. The van der Waals surface area contributed by atoms with Gasteiger partial charge in [0, 0.05) is 25.0 Å². The molecule has 1 aromatic rings. The smallest absolute Gasteiger partial charge is 0.223 e. The van der Waals surface area contributed by atoms with Crippen LogP contribution in [0.4, 0.5) is 5.69 Å². The lowest BCUT2D eigenvalue weighted by molar-refractivity contribution is -0.116. The van der Waals surface area contributed by atoms with Gasteiger partial charge in [-0.2, -0.15) is 0 Å². The summed E-state index contributed by atoms with van der Waals surface area (Å²) in [6, 6.07) is 5.08. The highest BCUT2D eigenvalue weighted by molar-refractivity contribution is 7.91. The number of carbonyl (C=O) groups is 1. The molecule has 1 aliphatic heterocycles. The first-order chi connectivity index (χ1) is 9.95. The van der Waals surface area contributed by atoms with Gasteiger partial charge in [-0.3, -0.25) is 4.79 Å². The molecule has 1 amide bonds. The number of halogens is 1. The zero-order valence-corrected chi connectivity index (χ0v) is 13.7. The number of nitrogens with zero attached hydrogens (tertiary/aromatic N) is 1. The van der Waals surface area contributed by atoms with Gasteiger partial charge in [0.1, 0.15) is 0 Å². The van der Waals surface area contributed by atoms with E-state index in [-0.39, 0.29) is 11.7 Å². The molecule has 2 rings (SSSR count). The second-order valence-corrected chi connectivity index (χ2v) is 7.77. The number of carbonyl (C=O) groups excluding carboxylic acids is 1. The fourth-order valence-electron chi connectivity index (χ4n) is 2.60. The Kier molecular flexibility index (Phi) is 5.27. The molecule has 0 aliphatic carbocycles. The van der Waals surface area contributed by atoms with Crippen LogP contribution in [0.2, 0.25) is 0 Å². The molecule has 1 heterocycles. The van der Waals surface area contributed by atoms with Crippen molar-refractivity contribution < 1.29 is 13.2 Å². The number of aryl methyl sites for hydroxylation is 1. The summed E-state index contributed by atoms with van der Waals surface area (Å²) >= 11 is 5.58. The van der Waals surface area contributed by atoms with Crippen LogP contribution in [0, 0.1) is 0 Å². The summed E-state index contributed by atoms with van der Waals surface area (Å²) in [5.41, 5.74) is 1.78. The molecule has 0 saturated carbocycles. The van der Waals surface area contributed by atoms with Gasteiger partial charge in [-0.1, -0.05) is 0 Å². The lowest BCUT2D eigenvalue weighted by Crippen LogP contribution is -2.33. The third-order valence-electron chi connectivity index (χ3n) is 3.71. The highest BCUT2D eigenvalue weighted by atomic mass is 35.5. The summed E-state index contributed by atoms with van der Waals surface area (Å²) in [5, 5.41) is 0. The van der Waals surface area contributed by atoms with Gasteiger partial charge in [-0.25, -0.2) is 8.42 Å². The van der Waals surface area contributed by atoms with Gasteiger partial charge < -0.3 is 4.90 Å². The minimum absolute atomic E-state index is 0.00586. The average Bonchev–Trinajstić information content (AvgIpc) is 2.46. The highest BCUT2D eigenvalue weighted by Gasteiger charge is 2.22. The predicted octanol–water partition coefficient (Wildman–Crippen LogP) is 2.78. The maximum atomic E-state index is 12.3. The van der Waals surface area contributed by atoms with Gasteiger partial charge in [0.05, 0.1) is 10.6 Å². The molecule has 0 bridgehead atoms. The fraction of sp³-hybridized carbons (Fsp3) is 0.533. The van der Waals surface area contributed by atoms with E-state index in [0.29, 0.717) is 30.2 Å². The van der Waals surface area contributed by atoms with Crippen LogP contribution in [0.3, 0.4) is 0 Å². The van der Waals surface area contributed by atoms with Crippen molar-refractivity contribution in [1.29, 1.82) is 0 Å². The monoisotopic (exact) mass is 329 g/mol. The lowest BCUT2D eigenvalue weighted by atomic mass is 10.0. The van der Waals surface area contributed by atoms with Crippen LogP contribution < -0.4 is 4.90 Å². The van der Waals surface area contributed by atoms with Crippen molar-refractivity contribution >= 4 is 33.0 Å². The van der Waals surface area contributed by atoms with E-state index < -0.39 is 9.84 Å². The van der Waals surface area contributed by atoms with Crippen molar-refractivity contribution in [1.82, 2.24) is 0 Å². The Morgan fingerprint density at radius 2 is 2.10 bits per heavy atom. The number of hydrogen-bond acceptors (Lipinski definition) is 3. The zero-order chi connectivity index (χ0) is 15.5. The number of unbranched alkanes of at least 4 members (excludes halogenated alkanes) is 1. The first-order valence-electron chi connectivity index (χ1n) is 7.15. The molecular formula is C15H20ClNO3S. The van der Waals surface area contributed by atoms with Crippen molar-refractivity contribution in [2.75, 3.05) is 23.1 Å². The fourth-order valence-corrected chi connectivity index (χ4v) is 4.20. The number of alkyl halides is 1. The number of fused-ring (bicyclic) bond motifs is 1. The number of rotatable bonds is 5. The summed E-state index contributed by atoms with van der Waals surface area (Å²) in [5.74, 6) is 0.594. The third-order valence-corrected chi connectivity index (χ3v) is 5.77. The minimum atomic E-state index is -3.27. The van der Waals surface area contributed by atoms with E-state index in [1.54, 1.807) is 23.1 Å². The molecule has 0 unspecified atom stereocenters. The topological polar surface area (TPSA) is 54.5 Å². The number of benzene rings is 1. The molecule has 4 nitrogen and oxygen atoms in total. The summed E-state index contributed by atoms with van der Waals surface area (Å²) in [4.78, 5) is 13.7. The van der Waals surface area contributed by atoms with Crippen LogP contribution in [0.1, 0.15) is 31.7 Å². The van der Waals surface area contributed by atoms with Crippen LogP contribution in [0.25, 0.3) is 0 Å². The van der Waals surface area contributed by atoms with E-state index in [1.807, 2.05) is 0 Å². The first-order valence-corrected chi connectivity index (χ1v) is 9.34. The number of hydrogen-bond donors (Lipinski definition) is 0. The minimum Gasteiger partial charge on any atom is -0.312 e. The maximum absolute atomic E-state index is 12.3. The molecule has 1 aromatic carbocycles. The van der Waals surface area contributed by atoms with E-state index in [1.165, 1.54) is 6.92 Å². The third kappa shape index (κ3) is 3.77. The molecule has 0 atom stereocenters. The Bertz CT molecular complexity index is 628. The summed E-state index contributed by atoms with van der Waals surface area (Å²) < 4.78 is 24.6. The van der Waals surface area contributed by atoms with E-state index in [0.717, 1.165) is 24.1 Å². The van der Waals surface area contributed by atoms with Crippen molar-refractivity contribution in [3.63, 3.8) is 0 Å². The van der Waals surface area contributed by atoms with E-state index in [4.69, 9.17) is 11.6 Å². The van der Waals surface area contributed by atoms with E-state index in [2.05, 4.69) is 0 Å². The molecule has 116 valence electrons. The van der Waals surface area contributed by atoms with Gasteiger partial charge in [0.2, 0.25) is 5.91 Å². The molecule has 0 spiro atoms. The van der Waals surface area contributed by atoms with E-state index >= 15 is 0 Å². The normalized spacial score (nSPS) is 14.9. The molecule has 1 aliphatic rings. The van der Waals surface area contributed by atoms with Gasteiger partial charge >= 0.3 is 0 Å². The van der Waals surface area contributed by atoms with Crippen molar-refractivity contribution in [2.45, 2.75) is 37.5 Å². The molecular weight excluding hydrogens is 310 g/mol. The molecule has 0 N–H and O–H groups in total.